The number of phenols is 2. The van der Waals surface area contributed by atoms with E-state index < -0.39 is 18.2 Å². The van der Waals surface area contributed by atoms with Crippen LogP contribution in [0.2, 0.25) is 0 Å². The van der Waals surface area contributed by atoms with Gasteiger partial charge in [-0.2, -0.15) is 10.2 Å². The van der Waals surface area contributed by atoms with E-state index in [2.05, 4.69) is 21.1 Å². The highest BCUT2D eigenvalue weighted by Crippen LogP contribution is 2.26. The lowest BCUT2D eigenvalue weighted by molar-refractivity contribution is -0.129. The fourth-order valence-electron chi connectivity index (χ4n) is 2.13. The molecule has 2 rings (SSSR count). The van der Waals surface area contributed by atoms with Gasteiger partial charge >= 0.3 is 0 Å². The van der Waals surface area contributed by atoms with E-state index >= 15 is 0 Å². The first-order valence-corrected chi connectivity index (χ1v) is 8.30. The number of benzene rings is 2. The number of aromatic hydroxyl groups is 2. The monoisotopic (exact) mass is 400 g/mol. The summed E-state index contributed by atoms with van der Waals surface area (Å²) in [5.41, 5.74) is 5.59. The minimum Gasteiger partial charge on any atom is -0.504 e. The van der Waals surface area contributed by atoms with Crippen LogP contribution in [0.3, 0.4) is 0 Å². The van der Waals surface area contributed by atoms with Crippen molar-refractivity contribution in [3.8, 4) is 23.0 Å². The molecule has 2 amide bonds. The van der Waals surface area contributed by atoms with Crippen LogP contribution >= 0.6 is 0 Å². The maximum absolute atomic E-state index is 11.7. The van der Waals surface area contributed by atoms with Crippen LogP contribution in [0.1, 0.15) is 17.5 Å². The van der Waals surface area contributed by atoms with E-state index in [4.69, 9.17) is 9.47 Å². The van der Waals surface area contributed by atoms with Crippen molar-refractivity contribution in [2.45, 2.75) is 6.42 Å². The molecule has 0 bridgehead atoms. The van der Waals surface area contributed by atoms with Gasteiger partial charge in [0, 0.05) is 0 Å². The van der Waals surface area contributed by atoms with Gasteiger partial charge < -0.3 is 19.7 Å². The van der Waals surface area contributed by atoms with Crippen LogP contribution in [0.4, 0.5) is 0 Å². The lowest BCUT2D eigenvalue weighted by Crippen LogP contribution is -2.27. The van der Waals surface area contributed by atoms with Crippen molar-refractivity contribution < 1.29 is 29.3 Å². The maximum Gasteiger partial charge on any atom is 0.249 e. The predicted molar refractivity (Wildman–Crippen MR) is 105 cm³/mol. The average molecular weight is 400 g/mol. The minimum atomic E-state index is -0.633. The molecule has 0 spiro atoms. The molecule has 0 saturated heterocycles. The number of phenolic OH excluding ortho intramolecular Hbond substituents is 2. The predicted octanol–water partition coefficient (Wildman–Crippen LogP) is 1.11. The third kappa shape index (κ3) is 6.54. The molecule has 0 saturated carbocycles. The topological polar surface area (TPSA) is 142 Å². The van der Waals surface area contributed by atoms with Gasteiger partial charge in [0.05, 0.1) is 26.6 Å². The number of methoxy groups -OCH3 is 2. The Labute approximate surface area is 166 Å². The zero-order valence-electron chi connectivity index (χ0n) is 15.7. The number of hydrogen-bond acceptors (Lipinski definition) is 8. The Balaban J connectivity index is 1.81. The molecule has 10 nitrogen and oxygen atoms in total. The van der Waals surface area contributed by atoms with E-state index in [1.807, 2.05) is 0 Å². The molecule has 0 heterocycles. The third-order valence-electron chi connectivity index (χ3n) is 3.53. The van der Waals surface area contributed by atoms with Gasteiger partial charge in [-0.1, -0.05) is 0 Å². The van der Waals surface area contributed by atoms with Gasteiger partial charge in [-0.05, 0) is 47.5 Å². The summed E-state index contributed by atoms with van der Waals surface area (Å²) in [6, 6.07) is 9.07. The molecule has 0 unspecified atom stereocenters. The molecule has 152 valence electrons. The Bertz CT molecular complexity index is 867. The highest BCUT2D eigenvalue weighted by molar-refractivity contribution is 5.97. The number of carbonyl (C=O) groups is 2. The van der Waals surface area contributed by atoms with Crippen molar-refractivity contribution in [3.63, 3.8) is 0 Å². The Morgan fingerprint density at radius 1 is 0.862 bits per heavy atom. The molecule has 0 aliphatic carbocycles. The third-order valence-corrected chi connectivity index (χ3v) is 3.53. The first kappa shape index (κ1) is 21.2. The molecular weight excluding hydrogens is 380 g/mol. The van der Waals surface area contributed by atoms with Gasteiger partial charge in [-0.15, -0.1) is 0 Å². The number of ether oxygens (including phenoxy) is 2. The summed E-state index contributed by atoms with van der Waals surface area (Å²) in [5.74, 6) is -0.766. The first-order chi connectivity index (χ1) is 13.9. The van der Waals surface area contributed by atoms with Gasteiger partial charge in [-0.3, -0.25) is 9.59 Å². The van der Waals surface area contributed by atoms with Crippen molar-refractivity contribution in [3.05, 3.63) is 47.5 Å². The Hall–Kier alpha value is -4.08. The van der Waals surface area contributed by atoms with Gasteiger partial charge in [0.25, 0.3) is 0 Å². The number of nitrogens with zero attached hydrogens (tertiary/aromatic N) is 2. The first-order valence-electron chi connectivity index (χ1n) is 8.30. The van der Waals surface area contributed by atoms with Crippen LogP contribution in [0.25, 0.3) is 0 Å². The van der Waals surface area contributed by atoms with Crippen molar-refractivity contribution in [2.24, 2.45) is 10.2 Å². The van der Waals surface area contributed by atoms with E-state index in [9.17, 15) is 19.8 Å². The van der Waals surface area contributed by atoms with Crippen LogP contribution in [-0.4, -0.2) is 48.7 Å². The summed E-state index contributed by atoms with van der Waals surface area (Å²) in [5, 5.41) is 26.5. The number of amides is 2. The standard InChI is InChI=1S/C19H20N4O6/c1-28-16-7-12(3-5-14(16)24)10-20-22-18(26)9-19(27)23-21-11-13-4-6-15(25)17(8-13)29-2/h3-8,10-11,24-25H,9H2,1-2H3,(H,22,26)(H,23,27)/b20-10+,21-11+. The number of hydrazone groups is 2. The van der Waals surface area contributed by atoms with E-state index in [-0.39, 0.29) is 23.0 Å². The molecule has 0 aliphatic rings. The van der Waals surface area contributed by atoms with Crippen LogP contribution in [0, 0.1) is 0 Å². The zero-order chi connectivity index (χ0) is 21.2. The fourth-order valence-corrected chi connectivity index (χ4v) is 2.13. The normalized spacial score (nSPS) is 10.8. The second-order valence-corrected chi connectivity index (χ2v) is 5.63. The molecule has 10 heteroatoms. The number of nitrogens with one attached hydrogen (secondary N) is 2. The highest BCUT2D eigenvalue weighted by atomic mass is 16.5. The SMILES string of the molecule is COc1cc(/C=N/NC(=O)CC(=O)N/N=C/c2ccc(O)c(OC)c2)ccc1O. The molecule has 0 aliphatic heterocycles. The van der Waals surface area contributed by atoms with Gasteiger partial charge in [-0.25, -0.2) is 10.9 Å². The Kier molecular flexibility index (Phi) is 7.54. The van der Waals surface area contributed by atoms with Crippen LogP contribution in [0.15, 0.2) is 46.6 Å². The molecular formula is C19H20N4O6. The summed E-state index contributed by atoms with van der Waals surface area (Å²) < 4.78 is 9.94. The molecule has 2 aromatic rings. The highest BCUT2D eigenvalue weighted by Gasteiger charge is 2.08. The average Bonchev–Trinajstić information content (AvgIpc) is 2.70. The van der Waals surface area contributed by atoms with E-state index in [0.717, 1.165) is 0 Å². The van der Waals surface area contributed by atoms with Gasteiger partial charge in [0.2, 0.25) is 11.8 Å². The summed E-state index contributed by atoms with van der Waals surface area (Å²) in [4.78, 5) is 23.5. The Morgan fingerprint density at radius 3 is 1.66 bits per heavy atom. The number of carbonyl (C=O) groups excluding carboxylic acids is 2. The summed E-state index contributed by atoms with van der Waals surface area (Å²) in [7, 11) is 2.83. The van der Waals surface area contributed by atoms with Crippen molar-refractivity contribution in [1.29, 1.82) is 0 Å². The van der Waals surface area contributed by atoms with E-state index in [0.29, 0.717) is 11.1 Å². The van der Waals surface area contributed by atoms with E-state index in [1.165, 1.54) is 50.9 Å². The second kappa shape index (κ2) is 10.3. The van der Waals surface area contributed by atoms with Crippen LogP contribution in [-0.2, 0) is 9.59 Å². The van der Waals surface area contributed by atoms with Gasteiger partial charge in [0.15, 0.2) is 23.0 Å². The quantitative estimate of drug-likeness (QED) is 0.297. The molecule has 0 fully saturated rings. The second-order valence-electron chi connectivity index (χ2n) is 5.63. The van der Waals surface area contributed by atoms with E-state index in [1.54, 1.807) is 12.1 Å². The van der Waals surface area contributed by atoms with Crippen molar-refractivity contribution in [1.82, 2.24) is 10.9 Å². The molecule has 2 aromatic carbocycles. The zero-order valence-corrected chi connectivity index (χ0v) is 15.7. The largest absolute Gasteiger partial charge is 0.504 e. The lowest BCUT2D eigenvalue weighted by atomic mass is 10.2. The lowest BCUT2D eigenvalue weighted by Gasteiger charge is -2.04. The molecule has 0 atom stereocenters. The fraction of sp³-hybridized carbons (Fsp3) is 0.158. The van der Waals surface area contributed by atoms with Crippen LogP contribution < -0.4 is 20.3 Å². The molecule has 0 aromatic heterocycles. The molecule has 4 N–H and O–H groups in total. The van der Waals surface area contributed by atoms with Crippen LogP contribution in [0.5, 0.6) is 23.0 Å². The minimum absolute atomic E-state index is 0.0170. The van der Waals surface area contributed by atoms with Gasteiger partial charge in [0.1, 0.15) is 6.42 Å². The Morgan fingerprint density at radius 2 is 1.28 bits per heavy atom. The molecule has 0 radical (unpaired) electrons. The van der Waals surface area contributed by atoms with Crippen molar-refractivity contribution >= 4 is 24.2 Å². The summed E-state index contributed by atoms with van der Waals surface area (Å²) >= 11 is 0. The maximum atomic E-state index is 11.7. The summed E-state index contributed by atoms with van der Waals surface area (Å²) in [6.07, 6.45) is 2.20. The summed E-state index contributed by atoms with van der Waals surface area (Å²) in [6.45, 7) is 0. The molecule has 29 heavy (non-hydrogen) atoms. The number of hydrogen-bond donors (Lipinski definition) is 4. The van der Waals surface area contributed by atoms with Crippen molar-refractivity contribution in [2.75, 3.05) is 14.2 Å². The smallest absolute Gasteiger partial charge is 0.249 e. The number of rotatable bonds is 8.